The number of hydrogen-bond acceptors (Lipinski definition) is 7. The molecule has 5 rings (SSSR count). The van der Waals surface area contributed by atoms with Gasteiger partial charge < -0.3 is 9.80 Å². The lowest BCUT2D eigenvalue weighted by molar-refractivity contribution is 0.634. The molecule has 0 radical (unpaired) electrons. The average Bonchev–Trinajstić information content (AvgIpc) is 3.18. The van der Waals surface area contributed by atoms with Crippen molar-refractivity contribution < 1.29 is 0 Å². The number of nitrogens with zero attached hydrogens (tertiary/aromatic N) is 8. The first-order chi connectivity index (χ1) is 15.1. The van der Waals surface area contributed by atoms with Gasteiger partial charge in [-0.15, -0.1) is 0 Å². The smallest absolute Gasteiger partial charge is 0.225 e. The molecule has 1 saturated heterocycles. The molecule has 1 aliphatic rings. The monoisotopic (exact) mass is 434 g/mol. The Kier molecular flexibility index (Phi) is 5.15. The van der Waals surface area contributed by atoms with Gasteiger partial charge in [0.25, 0.3) is 0 Å². The number of hydrogen-bond donors (Lipinski definition) is 0. The first-order valence-corrected chi connectivity index (χ1v) is 10.7. The van der Waals surface area contributed by atoms with Gasteiger partial charge >= 0.3 is 0 Å². The predicted octanol–water partition coefficient (Wildman–Crippen LogP) is 3.26. The molecular weight excluding hydrogens is 412 g/mol. The summed E-state index contributed by atoms with van der Waals surface area (Å²) in [5.74, 6) is 1.73. The van der Waals surface area contributed by atoms with Crippen molar-refractivity contribution in [2.45, 2.75) is 20.4 Å². The second-order valence-electron chi connectivity index (χ2n) is 7.79. The molecule has 1 aromatic carbocycles. The Balaban J connectivity index is 1.35. The molecule has 0 unspecified atom stereocenters. The van der Waals surface area contributed by atoms with Crippen molar-refractivity contribution in [2.75, 3.05) is 36.0 Å². The van der Waals surface area contributed by atoms with Crippen molar-refractivity contribution in [2.24, 2.45) is 0 Å². The van der Waals surface area contributed by atoms with Crippen LogP contribution in [0.25, 0.3) is 11.0 Å². The van der Waals surface area contributed by atoms with E-state index in [-0.39, 0.29) is 0 Å². The highest BCUT2D eigenvalue weighted by molar-refractivity contribution is 6.30. The lowest BCUT2D eigenvalue weighted by atomic mass is 10.2. The van der Waals surface area contributed by atoms with Gasteiger partial charge in [0.1, 0.15) is 12.1 Å². The molecule has 3 aromatic heterocycles. The van der Waals surface area contributed by atoms with Gasteiger partial charge in [0.2, 0.25) is 5.95 Å². The van der Waals surface area contributed by atoms with E-state index in [2.05, 4.69) is 34.8 Å². The lowest BCUT2D eigenvalue weighted by Gasteiger charge is -2.35. The molecule has 0 bridgehead atoms. The molecule has 0 atom stereocenters. The Labute approximate surface area is 185 Å². The van der Waals surface area contributed by atoms with Crippen LogP contribution in [0, 0.1) is 13.8 Å². The molecule has 1 fully saturated rings. The van der Waals surface area contributed by atoms with Crippen LogP contribution in [-0.4, -0.2) is 55.9 Å². The molecule has 8 nitrogen and oxygen atoms in total. The molecule has 9 heteroatoms. The van der Waals surface area contributed by atoms with Gasteiger partial charge in [0.05, 0.1) is 18.1 Å². The molecule has 0 spiro atoms. The second kappa shape index (κ2) is 8.11. The Bertz CT molecular complexity index is 1190. The number of benzene rings is 1. The quantitative estimate of drug-likeness (QED) is 0.488. The van der Waals surface area contributed by atoms with Crippen molar-refractivity contribution in [1.29, 1.82) is 0 Å². The lowest BCUT2D eigenvalue weighted by Crippen LogP contribution is -2.47. The maximum Gasteiger partial charge on any atom is 0.225 e. The van der Waals surface area contributed by atoms with Crippen LogP contribution in [0.5, 0.6) is 0 Å². The zero-order valence-electron chi connectivity index (χ0n) is 17.5. The molecule has 158 valence electrons. The summed E-state index contributed by atoms with van der Waals surface area (Å²) >= 11 is 6.00. The van der Waals surface area contributed by atoms with E-state index in [0.717, 1.165) is 71.0 Å². The highest BCUT2D eigenvalue weighted by Gasteiger charge is 2.23. The molecule has 0 aliphatic carbocycles. The van der Waals surface area contributed by atoms with Crippen LogP contribution in [0.15, 0.2) is 42.9 Å². The Morgan fingerprint density at radius 3 is 2.29 bits per heavy atom. The molecule has 0 N–H and O–H groups in total. The fourth-order valence-electron chi connectivity index (χ4n) is 3.98. The van der Waals surface area contributed by atoms with E-state index in [4.69, 9.17) is 11.6 Å². The number of fused-ring (bicyclic) bond motifs is 1. The molecule has 0 saturated carbocycles. The topological polar surface area (TPSA) is 75.9 Å². The number of anilines is 2. The van der Waals surface area contributed by atoms with Gasteiger partial charge in [-0.3, -0.25) is 0 Å². The highest BCUT2D eigenvalue weighted by atomic mass is 35.5. The Morgan fingerprint density at radius 1 is 0.903 bits per heavy atom. The minimum absolute atomic E-state index is 0.634. The van der Waals surface area contributed by atoms with Crippen LogP contribution in [0.1, 0.15) is 17.0 Å². The number of piperazine rings is 1. The minimum atomic E-state index is 0.634. The van der Waals surface area contributed by atoms with Crippen molar-refractivity contribution in [3.63, 3.8) is 0 Å². The van der Waals surface area contributed by atoms with Gasteiger partial charge in [-0.05, 0) is 37.6 Å². The van der Waals surface area contributed by atoms with Gasteiger partial charge in [-0.1, -0.05) is 23.7 Å². The molecule has 4 heterocycles. The first-order valence-electron chi connectivity index (χ1n) is 10.3. The van der Waals surface area contributed by atoms with Crippen molar-refractivity contribution in [3.8, 4) is 0 Å². The van der Waals surface area contributed by atoms with E-state index in [0.29, 0.717) is 6.54 Å². The van der Waals surface area contributed by atoms with Gasteiger partial charge in [0.15, 0.2) is 5.65 Å². The van der Waals surface area contributed by atoms with Gasteiger partial charge in [-0.2, -0.15) is 5.10 Å². The fraction of sp³-hybridized carbons (Fsp3) is 0.318. The van der Waals surface area contributed by atoms with Crippen molar-refractivity contribution >= 4 is 34.4 Å². The van der Waals surface area contributed by atoms with E-state index in [1.165, 1.54) is 0 Å². The number of halogens is 1. The predicted molar refractivity (Wildman–Crippen MR) is 122 cm³/mol. The average molecular weight is 435 g/mol. The van der Waals surface area contributed by atoms with E-state index >= 15 is 0 Å². The zero-order chi connectivity index (χ0) is 21.4. The van der Waals surface area contributed by atoms with Crippen LogP contribution in [0.4, 0.5) is 11.8 Å². The van der Waals surface area contributed by atoms with Gasteiger partial charge in [-0.25, -0.2) is 24.6 Å². The third-order valence-electron chi connectivity index (χ3n) is 5.49. The van der Waals surface area contributed by atoms with Crippen LogP contribution in [-0.2, 0) is 6.54 Å². The van der Waals surface area contributed by atoms with Crippen LogP contribution < -0.4 is 9.80 Å². The summed E-state index contributed by atoms with van der Waals surface area (Å²) in [4.78, 5) is 22.8. The third-order valence-corrected chi connectivity index (χ3v) is 5.74. The van der Waals surface area contributed by atoms with Crippen molar-refractivity contribution in [3.05, 3.63) is 64.8 Å². The maximum atomic E-state index is 6.00. The van der Waals surface area contributed by atoms with E-state index in [1.54, 1.807) is 6.33 Å². The Morgan fingerprint density at radius 2 is 1.58 bits per heavy atom. The molecule has 31 heavy (non-hydrogen) atoms. The van der Waals surface area contributed by atoms with Crippen LogP contribution >= 0.6 is 11.6 Å². The summed E-state index contributed by atoms with van der Waals surface area (Å²) in [5, 5.41) is 6.27. The molecule has 0 amide bonds. The summed E-state index contributed by atoms with van der Waals surface area (Å²) in [6, 6.07) is 9.79. The number of rotatable bonds is 4. The highest BCUT2D eigenvalue weighted by Crippen LogP contribution is 2.25. The summed E-state index contributed by atoms with van der Waals surface area (Å²) < 4.78 is 1.91. The SMILES string of the molecule is Cc1cc(C)nc(N2CCN(c3ncnc4c3cnn4Cc3ccc(Cl)cc3)CC2)n1. The van der Waals surface area contributed by atoms with Gasteiger partial charge in [0, 0.05) is 42.6 Å². The molecule has 4 aromatic rings. The fourth-order valence-corrected chi connectivity index (χ4v) is 4.10. The molecule has 1 aliphatic heterocycles. The van der Waals surface area contributed by atoms with Crippen LogP contribution in [0.2, 0.25) is 5.02 Å². The molecular formula is C22H23ClN8. The number of aromatic nitrogens is 6. The summed E-state index contributed by atoms with van der Waals surface area (Å²) in [7, 11) is 0. The third kappa shape index (κ3) is 4.03. The minimum Gasteiger partial charge on any atom is -0.352 e. The van der Waals surface area contributed by atoms with E-state index < -0.39 is 0 Å². The zero-order valence-corrected chi connectivity index (χ0v) is 18.3. The standard InChI is InChI=1S/C22H23ClN8/c1-15-11-16(2)28-22(27-15)30-9-7-29(8-10-30)20-19-12-26-31(21(19)25-14-24-20)13-17-3-5-18(23)6-4-17/h3-6,11-12,14H,7-10,13H2,1-2H3. The van der Waals surface area contributed by atoms with Crippen LogP contribution in [0.3, 0.4) is 0 Å². The summed E-state index contributed by atoms with van der Waals surface area (Å²) in [6.07, 6.45) is 3.48. The number of aryl methyl sites for hydroxylation is 2. The van der Waals surface area contributed by atoms with E-state index in [9.17, 15) is 0 Å². The van der Waals surface area contributed by atoms with Crippen molar-refractivity contribution in [1.82, 2.24) is 29.7 Å². The first kappa shape index (κ1) is 19.7. The summed E-state index contributed by atoms with van der Waals surface area (Å²) in [6.45, 7) is 8.01. The Hall–Kier alpha value is -3.26. The summed E-state index contributed by atoms with van der Waals surface area (Å²) in [5.41, 5.74) is 3.95. The largest absolute Gasteiger partial charge is 0.352 e. The maximum absolute atomic E-state index is 6.00. The van der Waals surface area contributed by atoms with E-state index in [1.807, 2.05) is 55.1 Å². The normalized spacial score (nSPS) is 14.4. The second-order valence-corrected chi connectivity index (χ2v) is 8.22.